The van der Waals surface area contributed by atoms with Crippen molar-refractivity contribution in [2.75, 3.05) is 19.7 Å². The Hall–Kier alpha value is -0.470. The van der Waals surface area contributed by atoms with E-state index in [9.17, 15) is 13.5 Å². The smallest absolute Gasteiger partial charge is 0.244 e. The molecule has 2 heterocycles. The molecule has 0 radical (unpaired) electrons. The molecule has 0 aromatic carbocycles. The molecule has 5 nitrogen and oxygen atoms in total. The number of morpholine rings is 1. The quantitative estimate of drug-likeness (QED) is 0.909. The van der Waals surface area contributed by atoms with Crippen LogP contribution in [0.3, 0.4) is 0 Å². The van der Waals surface area contributed by atoms with Crippen LogP contribution in [-0.2, 0) is 14.8 Å². The molecular formula is C12H19NO4S2. The van der Waals surface area contributed by atoms with E-state index in [1.165, 1.54) is 15.6 Å². The highest BCUT2D eigenvalue weighted by Crippen LogP contribution is 2.29. The summed E-state index contributed by atoms with van der Waals surface area (Å²) in [5.41, 5.74) is 0. The number of sulfonamides is 1. The predicted octanol–water partition coefficient (Wildman–Crippen LogP) is 1.14. The van der Waals surface area contributed by atoms with Crippen LogP contribution in [0.4, 0.5) is 0 Å². The predicted molar refractivity (Wildman–Crippen MR) is 74.0 cm³/mol. The van der Waals surface area contributed by atoms with Crippen molar-refractivity contribution in [2.45, 2.75) is 37.9 Å². The summed E-state index contributed by atoms with van der Waals surface area (Å²) in [6, 6.07) is 1.71. The van der Waals surface area contributed by atoms with Crippen molar-refractivity contribution < 1.29 is 18.3 Å². The number of nitrogens with zero attached hydrogens (tertiary/aromatic N) is 1. The van der Waals surface area contributed by atoms with Gasteiger partial charge in [0.1, 0.15) is 0 Å². The molecular weight excluding hydrogens is 286 g/mol. The lowest BCUT2D eigenvalue weighted by atomic mass is 10.2. The molecule has 1 saturated heterocycles. The number of thiophene rings is 1. The molecule has 0 amide bonds. The second kappa shape index (κ2) is 5.49. The van der Waals surface area contributed by atoms with Gasteiger partial charge in [-0.05, 0) is 26.8 Å². The Balaban J connectivity index is 2.31. The average molecular weight is 305 g/mol. The fraction of sp³-hybridized carbons (Fsp3) is 0.667. The van der Waals surface area contributed by atoms with Crippen LogP contribution in [0, 0.1) is 13.8 Å². The maximum Gasteiger partial charge on any atom is 0.244 e. The van der Waals surface area contributed by atoms with E-state index in [2.05, 4.69) is 0 Å². The minimum Gasteiger partial charge on any atom is -0.394 e. The molecule has 1 aromatic heterocycles. The van der Waals surface area contributed by atoms with Crippen molar-refractivity contribution in [3.63, 3.8) is 0 Å². The lowest BCUT2D eigenvalue weighted by molar-refractivity contribution is -0.0750. The van der Waals surface area contributed by atoms with Crippen LogP contribution < -0.4 is 0 Å². The lowest BCUT2D eigenvalue weighted by Crippen LogP contribution is -2.50. The molecule has 1 aromatic rings. The van der Waals surface area contributed by atoms with Gasteiger partial charge < -0.3 is 9.84 Å². The number of aliphatic hydroxyl groups excluding tert-OH is 1. The second-order valence-electron chi connectivity index (χ2n) is 4.85. The molecule has 0 spiro atoms. The molecule has 1 aliphatic rings. The minimum atomic E-state index is -3.50. The van der Waals surface area contributed by atoms with E-state index < -0.39 is 16.1 Å². The van der Waals surface area contributed by atoms with Gasteiger partial charge in [-0.15, -0.1) is 11.3 Å². The standard InChI is InChI=1S/C12H19NO4S2/c1-8-5-13(6-11(7-14)17-8)19(15,16)12-4-9(2)18-10(12)3/h4,8,11,14H,5-7H2,1-3H3. The van der Waals surface area contributed by atoms with Gasteiger partial charge in [0, 0.05) is 22.8 Å². The molecule has 0 aliphatic carbocycles. The summed E-state index contributed by atoms with van der Waals surface area (Å²) in [6.45, 7) is 5.89. The van der Waals surface area contributed by atoms with Crippen molar-refractivity contribution in [1.82, 2.24) is 4.31 Å². The normalized spacial score (nSPS) is 25.7. The van der Waals surface area contributed by atoms with E-state index >= 15 is 0 Å². The van der Waals surface area contributed by atoms with Gasteiger partial charge in [0.2, 0.25) is 10.0 Å². The largest absolute Gasteiger partial charge is 0.394 e. The van der Waals surface area contributed by atoms with Gasteiger partial charge in [-0.2, -0.15) is 4.31 Å². The molecule has 2 rings (SSSR count). The van der Waals surface area contributed by atoms with Crippen LogP contribution >= 0.6 is 11.3 Å². The van der Waals surface area contributed by atoms with Gasteiger partial charge in [-0.1, -0.05) is 0 Å². The fourth-order valence-corrected chi connectivity index (χ4v) is 5.37. The van der Waals surface area contributed by atoms with Gasteiger partial charge in [-0.3, -0.25) is 0 Å². The molecule has 0 saturated carbocycles. The number of hydrogen-bond donors (Lipinski definition) is 1. The fourth-order valence-electron chi connectivity index (χ4n) is 2.30. The summed E-state index contributed by atoms with van der Waals surface area (Å²) < 4.78 is 32.1. The third-order valence-electron chi connectivity index (χ3n) is 3.11. The number of ether oxygens (including phenoxy) is 1. The third kappa shape index (κ3) is 3.00. The van der Waals surface area contributed by atoms with Gasteiger partial charge in [0.05, 0.1) is 23.7 Å². The Kier molecular flexibility index (Phi) is 4.32. The monoisotopic (exact) mass is 305 g/mol. The molecule has 1 aliphatic heterocycles. The number of hydrogen-bond acceptors (Lipinski definition) is 5. The molecule has 0 bridgehead atoms. The molecule has 1 N–H and O–H groups in total. The van der Waals surface area contributed by atoms with E-state index in [0.29, 0.717) is 11.4 Å². The minimum absolute atomic E-state index is 0.169. The maximum atomic E-state index is 12.6. The molecule has 19 heavy (non-hydrogen) atoms. The van der Waals surface area contributed by atoms with E-state index in [4.69, 9.17) is 4.74 Å². The Morgan fingerprint density at radius 2 is 2.16 bits per heavy atom. The Bertz CT molecular complexity index is 552. The number of rotatable bonds is 3. The van der Waals surface area contributed by atoms with Crippen LogP contribution in [0.5, 0.6) is 0 Å². The topological polar surface area (TPSA) is 66.8 Å². The first-order valence-corrected chi connectivity index (χ1v) is 8.43. The zero-order chi connectivity index (χ0) is 14.2. The first-order chi connectivity index (χ1) is 8.84. The Labute approximate surface area is 117 Å². The lowest BCUT2D eigenvalue weighted by Gasteiger charge is -2.35. The summed E-state index contributed by atoms with van der Waals surface area (Å²) in [6.07, 6.45) is -0.653. The van der Waals surface area contributed by atoms with Crippen LogP contribution in [0.2, 0.25) is 0 Å². The van der Waals surface area contributed by atoms with Crippen molar-refractivity contribution in [3.8, 4) is 0 Å². The van der Waals surface area contributed by atoms with Crippen LogP contribution in [0.25, 0.3) is 0 Å². The Morgan fingerprint density at radius 1 is 1.47 bits per heavy atom. The van der Waals surface area contributed by atoms with Crippen molar-refractivity contribution in [2.24, 2.45) is 0 Å². The summed E-state index contributed by atoms with van der Waals surface area (Å²) in [7, 11) is -3.50. The van der Waals surface area contributed by atoms with E-state index in [0.717, 1.165) is 9.75 Å². The third-order valence-corrected chi connectivity index (χ3v) is 6.16. The van der Waals surface area contributed by atoms with Crippen molar-refractivity contribution >= 4 is 21.4 Å². The van der Waals surface area contributed by atoms with Crippen LogP contribution in [0.1, 0.15) is 16.7 Å². The zero-order valence-electron chi connectivity index (χ0n) is 11.3. The average Bonchev–Trinajstić information content (AvgIpc) is 2.68. The highest BCUT2D eigenvalue weighted by molar-refractivity contribution is 7.89. The van der Waals surface area contributed by atoms with E-state index in [1.807, 2.05) is 20.8 Å². The van der Waals surface area contributed by atoms with Gasteiger partial charge in [0.15, 0.2) is 0 Å². The highest BCUT2D eigenvalue weighted by Gasteiger charge is 2.34. The molecule has 7 heteroatoms. The number of aryl methyl sites for hydroxylation is 2. The van der Waals surface area contributed by atoms with E-state index in [-0.39, 0.29) is 19.3 Å². The summed E-state index contributed by atoms with van der Waals surface area (Å²) in [4.78, 5) is 2.16. The summed E-state index contributed by atoms with van der Waals surface area (Å²) in [5, 5.41) is 9.18. The first-order valence-electron chi connectivity index (χ1n) is 6.18. The van der Waals surface area contributed by atoms with Gasteiger partial charge >= 0.3 is 0 Å². The summed E-state index contributed by atoms with van der Waals surface area (Å²) in [5.74, 6) is 0. The SMILES string of the molecule is Cc1cc(S(=O)(=O)N2CC(C)OC(CO)C2)c(C)s1. The van der Waals surface area contributed by atoms with Crippen molar-refractivity contribution in [1.29, 1.82) is 0 Å². The van der Waals surface area contributed by atoms with Gasteiger partial charge in [0.25, 0.3) is 0 Å². The van der Waals surface area contributed by atoms with Crippen molar-refractivity contribution in [3.05, 3.63) is 15.8 Å². The highest BCUT2D eigenvalue weighted by atomic mass is 32.2. The number of aliphatic hydroxyl groups is 1. The molecule has 2 atom stereocenters. The maximum absolute atomic E-state index is 12.6. The molecule has 2 unspecified atom stereocenters. The Morgan fingerprint density at radius 3 is 2.68 bits per heavy atom. The van der Waals surface area contributed by atoms with Gasteiger partial charge in [-0.25, -0.2) is 8.42 Å². The first kappa shape index (κ1) is 14.9. The zero-order valence-corrected chi connectivity index (χ0v) is 12.9. The molecule has 1 fully saturated rings. The molecule has 108 valence electrons. The van der Waals surface area contributed by atoms with Crippen LogP contribution in [-0.4, -0.2) is 49.7 Å². The second-order valence-corrected chi connectivity index (χ2v) is 8.22. The van der Waals surface area contributed by atoms with Crippen LogP contribution in [0.15, 0.2) is 11.0 Å². The summed E-state index contributed by atoms with van der Waals surface area (Å²) >= 11 is 1.48. The van der Waals surface area contributed by atoms with E-state index in [1.54, 1.807) is 6.07 Å².